The minimum Gasteiger partial charge on any atom is -0.453 e. The number of hydrogen-bond acceptors (Lipinski definition) is 14. The molecule has 14 nitrogen and oxygen atoms in total. The lowest BCUT2D eigenvalue weighted by Gasteiger charge is -2.52. The van der Waals surface area contributed by atoms with Gasteiger partial charge in [0.25, 0.3) is 0 Å². The van der Waals surface area contributed by atoms with Crippen LogP contribution in [0.15, 0.2) is 474 Å². The summed E-state index contributed by atoms with van der Waals surface area (Å²) in [6.45, 7) is 4.69. The van der Waals surface area contributed by atoms with Crippen molar-refractivity contribution in [3.8, 4) is 67.8 Å². The number of anilines is 12. The summed E-state index contributed by atoms with van der Waals surface area (Å²) in [5, 5.41) is 0. The van der Waals surface area contributed by atoms with Crippen LogP contribution in [0.3, 0.4) is 0 Å². The molecule has 0 amide bonds. The number of para-hydroxylation sites is 14. The summed E-state index contributed by atoms with van der Waals surface area (Å²) >= 11 is 0. The molecule has 22 aromatic rings. The highest BCUT2D eigenvalue weighted by Gasteiger charge is 2.63. The molecule has 684 valence electrons. The van der Waals surface area contributed by atoms with E-state index in [2.05, 4.69) is 385 Å². The molecule has 0 radical (unpaired) electrons. The van der Waals surface area contributed by atoms with Crippen LogP contribution >= 0.6 is 0 Å². The SMILES string of the molecule is CC1(C)c2ccccc2N2c3ccccc3C3(c4cccc1c42)c1ncccc1-c1cccnc13.c1ccc(C2(c3ccccc3)c3ccccc3N3c4ccccc4C4(c5cccc2c53)c2ncccc2-c2cccnc24)cc1.c1ccc2c(c1)Oc1cccc3c1N2c1ccccc1C31c2cccnc2-c2ncccc21.c1ccc2c(c1)Oc1cccc3c1N2c1ccccc1C31c2ncccc2-c2cccnc21. The molecule has 0 saturated carbocycles. The van der Waals surface area contributed by atoms with Crippen LogP contribution in [0.2, 0.25) is 0 Å². The molecule has 146 heavy (non-hydrogen) atoms. The van der Waals surface area contributed by atoms with Crippen LogP contribution in [0.5, 0.6) is 23.0 Å². The van der Waals surface area contributed by atoms with Gasteiger partial charge < -0.3 is 29.1 Å². The van der Waals surface area contributed by atoms with Crippen molar-refractivity contribution in [1.82, 2.24) is 39.9 Å². The number of pyridine rings is 8. The number of nitrogens with zero attached hydrogens (tertiary/aromatic N) is 12. The second-order valence-corrected chi connectivity index (χ2v) is 39.6. The summed E-state index contributed by atoms with van der Waals surface area (Å²) in [5.74, 6) is 3.43. The zero-order chi connectivity index (χ0) is 96.1. The Hall–Kier alpha value is -18.9. The molecule has 0 fully saturated rings. The number of fused-ring (bicyclic) bond motifs is 44. The second-order valence-electron chi connectivity index (χ2n) is 39.6. The standard InChI is InChI=1S/C42H27N3.C32H23N3.2C29H17N3O/c1-3-14-28(15-4-1)41(29-16-5-2-6-17-29)32-20-7-9-24-36(32)45-37-25-10-8-21-33(37)42(35-23-11-22-34(41)38(35)45)39-30(18-12-26-43-39)31-19-13-27-44-40(31)42;1-31(2)22-12-3-5-16-26(22)35-27-17-6-4-13-23(27)32(25-15-7-14-24(31)28(25)35)29-20(10-8-18-33-29)21-11-9-19-34-30(21)32;1-2-12-22-20(10-1)29(27-18(8-6-16-30-27)19-9-7-17-31-28(19)29)21-11-5-15-25-26(21)32(22)23-13-3-4-14-24(23)33-25;1-2-12-22-18(8-1)29(19-10-6-16-30-26(19)27-20(29)11-7-17-31-27)21-9-5-15-25-28(21)32(22)23-13-3-4-14-24(23)33-25/h1-27H;3-19H,1-2H3;2*1-17H. The van der Waals surface area contributed by atoms with Gasteiger partial charge in [0.05, 0.1) is 125 Å². The highest BCUT2D eigenvalue weighted by atomic mass is 16.5. The van der Waals surface area contributed by atoms with Crippen molar-refractivity contribution in [2.45, 2.75) is 46.3 Å². The fourth-order valence-corrected chi connectivity index (χ4v) is 27.5. The molecule has 8 aromatic heterocycles. The molecular weight excluding hydrogens is 1790 g/mol. The molecule has 12 aliphatic rings. The average molecular weight is 1870 g/mol. The quantitative estimate of drug-likeness (QED) is 0.162. The summed E-state index contributed by atoms with van der Waals surface area (Å²) in [5.41, 5.74) is 45.5. The molecule has 0 saturated heterocycles. The molecule has 4 aliphatic carbocycles. The lowest BCUT2D eigenvalue weighted by molar-refractivity contribution is 0.473. The minimum atomic E-state index is -0.670. The van der Waals surface area contributed by atoms with Crippen molar-refractivity contribution in [2.75, 3.05) is 19.6 Å². The summed E-state index contributed by atoms with van der Waals surface area (Å²) in [6.07, 6.45) is 15.2. The third-order valence-corrected chi connectivity index (χ3v) is 32.8. The first kappa shape index (κ1) is 81.9. The largest absolute Gasteiger partial charge is 0.453 e. The Balaban J connectivity index is 0.0000000892. The third kappa shape index (κ3) is 10.3. The molecule has 0 bridgehead atoms. The van der Waals surface area contributed by atoms with Crippen LogP contribution in [0.25, 0.3) is 44.8 Å². The molecule has 0 atom stereocenters. The van der Waals surface area contributed by atoms with Crippen molar-refractivity contribution in [2.24, 2.45) is 0 Å². The van der Waals surface area contributed by atoms with Crippen LogP contribution in [-0.2, 0) is 32.5 Å². The van der Waals surface area contributed by atoms with E-state index in [0.717, 1.165) is 147 Å². The van der Waals surface area contributed by atoms with E-state index in [9.17, 15) is 0 Å². The Kier molecular flexibility index (Phi) is 17.0. The number of aromatic nitrogens is 8. The Morgan fingerprint density at radius 1 is 0.164 bits per heavy atom. The van der Waals surface area contributed by atoms with Crippen LogP contribution < -0.4 is 29.1 Å². The van der Waals surface area contributed by atoms with Crippen LogP contribution in [-0.4, -0.2) is 39.9 Å². The second kappa shape index (κ2) is 30.3. The van der Waals surface area contributed by atoms with E-state index in [1.54, 1.807) is 0 Å². The molecule has 14 aromatic carbocycles. The molecule has 14 heteroatoms. The lowest BCUT2D eigenvalue weighted by atomic mass is 9.59. The highest BCUT2D eigenvalue weighted by Crippen LogP contribution is 2.73. The van der Waals surface area contributed by atoms with Gasteiger partial charge in [-0.1, -0.05) is 317 Å². The molecule has 4 spiro atoms. The number of ether oxygens (including phenoxy) is 2. The fraction of sp³-hybridized carbons (Fsp3) is 0.0606. The third-order valence-electron chi connectivity index (χ3n) is 32.8. The van der Waals surface area contributed by atoms with Gasteiger partial charge in [0, 0.05) is 93.9 Å². The van der Waals surface area contributed by atoms with Crippen molar-refractivity contribution in [1.29, 1.82) is 0 Å². The fourth-order valence-electron chi connectivity index (χ4n) is 27.5. The summed E-state index contributed by atoms with van der Waals surface area (Å²) in [6, 6.07) is 152. The van der Waals surface area contributed by atoms with Crippen LogP contribution in [0, 0.1) is 0 Å². The summed E-state index contributed by atoms with van der Waals surface area (Å²) in [7, 11) is 0. The topological polar surface area (TPSA) is 135 Å². The Morgan fingerprint density at radius 3 is 0.753 bits per heavy atom. The Labute approximate surface area is 843 Å². The maximum Gasteiger partial charge on any atom is 0.151 e. The van der Waals surface area contributed by atoms with E-state index in [4.69, 9.17) is 49.3 Å². The highest BCUT2D eigenvalue weighted by molar-refractivity contribution is 6.05. The molecule has 16 heterocycles. The maximum absolute atomic E-state index is 6.45. The number of hydrogen-bond donors (Lipinski definition) is 0. The van der Waals surface area contributed by atoms with E-state index >= 15 is 0 Å². The molecule has 0 N–H and O–H groups in total. The zero-order valence-electron chi connectivity index (χ0n) is 79.2. The van der Waals surface area contributed by atoms with E-state index in [-0.39, 0.29) is 5.41 Å². The Bertz CT molecular complexity index is 8830. The van der Waals surface area contributed by atoms with Crippen molar-refractivity contribution in [3.63, 3.8) is 0 Å². The van der Waals surface area contributed by atoms with Crippen molar-refractivity contribution in [3.05, 3.63) is 597 Å². The predicted octanol–water partition coefficient (Wildman–Crippen LogP) is 30.0. The number of rotatable bonds is 2. The lowest BCUT2D eigenvalue weighted by Crippen LogP contribution is -2.44. The monoisotopic (exact) mass is 1870 g/mol. The number of benzene rings is 14. The molecule has 34 rings (SSSR count). The van der Waals surface area contributed by atoms with Gasteiger partial charge in [-0.2, -0.15) is 0 Å². The first-order valence-electron chi connectivity index (χ1n) is 49.9. The smallest absolute Gasteiger partial charge is 0.151 e. The van der Waals surface area contributed by atoms with E-state index in [0.29, 0.717) is 0 Å². The summed E-state index contributed by atoms with van der Waals surface area (Å²) in [4.78, 5) is 49.8. The van der Waals surface area contributed by atoms with Gasteiger partial charge in [-0.3, -0.25) is 39.9 Å². The van der Waals surface area contributed by atoms with E-state index < -0.39 is 27.1 Å². The van der Waals surface area contributed by atoms with Gasteiger partial charge in [-0.05, 0) is 205 Å². The van der Waals surface area contributed by atoms with E-state index in [1.165, 1.54) is 112 Å². The first-order valence-corrected chi connectivity index (χ1v) is 49.9. The summed E-state index contributed by atoms with van der Waals surface area (Å²) < 4.78 is 12.9. The van der Waals surface area contributed by atoms with Gasteiger partial charge in [0.1, 0.15) is 16.2 Å². The molecular formula is C132H84N12O2. The molecule has 8 aliphatic heterocycles. The van der Waals surface area contributed by atoms with Crippen molar-refractivity contribution < 1.29 is 9.47 Å². The normalized spacial score (nSPS) is 15.6. The van der Waals surface area contributed by atoms with Gasteiger partial charge in [0.2, 0.25) is 0 Å². The van der Waals surface area contributed by atoms with Crippen molar-refractivity contribution >= 4 is 68.2 Å². The van der Waals surface area contributed by atoms with Gasteiger partial charge in [0.15, 0.2) is 23.0 Å². The maximum atomic E-state index is 6.45. The van der Waals surface area contributed by atoms with Crippen LogP contribution in [0.4, 0.5) is 68.2 Å². The van der Waals surface area contributed by atoms with Gasteiger partial charge in [-0.15, -0.1) is 0 Å². The van der Waals surface area contributed by atoms with E-state index in [1.807, 2.05) is 122 Å². The van der Waals surface area contributed by atoms with Gasteiger partial charge >= 0.3 is 0 Å². The molecule has 0 unspecified atom stereocenters. The van der Waals surface area contributed by atoms with Gasteiger partial charge in [-0.25, -0.2) is 0 Å². The first-order chi connectivity index (χ1) is 72.3. The van der Waals surface area contributed by atoms with Crippen LogP contribution in [0.1, 0.15) is 137 Å². The average Bonchev–Trinajstić information content (AvgIpc) is 1.30. The zero-order valence-corrected chi connectivity index (χ0v) is 79.2. The Morgan fingerprint density at radius 2 is 0.390 bits per heavy atom. The minimum absolute atomic E-state index is 0.135. The predicted molar refractivity (Wildman–Crippen MR) is 574 cm³/mol.